The molecule has 5 heteroatoms. The number of carbonyl (C=O) groups is 1. The summed E-state index contributed by atoms with van der Waals surface area (Å²) in [7, 11) is 1.37. The predicted octanol–water partition coefficient (Wildman–Crippen LogP) is 2.31. The Kier molecular flexibility index (Phi) is 3.41. The van der Waals surface area contributed by atoms with Gasteiger partial charge in [-0.2, -0.15) is 5.10 Å². The molecule has 0 aliphatic rings. The number of hydrogen-bond acceptors (Lipinski definition) is 4. The number of nitrogens with zero attached hydrogens (tertiary/aromatic N) is 3. The molecule has 0 aliphatic heterocycles. The molecule has 2 rings (SSSR count). The number of esters is 1. The first kappa shape index (κ1) is 12.3. The number of aromatic nitrogens is 3. The minimum absolute atomic E-state index is 0.239. The molecular weight excluding hydrogens is 230 g/mol. The molecule has 0 N–H and O–H groups in total. The summed E-state index contributed by atoms with van der Waals surface area (Å²) in [6.45, 7) is 4.09. The van der Waals surface area contributed by atoms with Crippen LogP contribution in [0.1, 0.15) is 30.2 Å². The quantitative estimate of drug-likeness (QED) is 0.779. The van der Waals surface area contributed by atoms with Gasteiger partial charge in [0.2, 0.25) is 0 Å². The zero-order valence-corrected chi connectivity index (χ0v) is 10.6. The van der Waals surface area contributed by atoms with E-state index in [-0.39, 0.29) is 12.0 Å². The lowest BCUT2D eigenvalue weighted by atomic mass is 10.1. The third-order valence-corrected chi connectivity index (χ3v) is 2.63. The van der Waals surface area contributed by atoms with E-state index in [2.05, 4.69) is 14.8 Å². The zero-order chi connectivity index (χ0) is 13.1. The van der Waals surface area contributed by atoms with Gasteiger partial charge in [-0.25, -0.2) is 14.5 Å². The Balaban J connectivity index is 2.34. The minimum atomic E-state index is -0.341. The number of benzene rings is 1. The summed E-state index contributed by atoms with van der Waals surface area (Å²) in [4.78, 5) is 15.6. The Morgan fingerprint density at radius 2 is 1.94 bits per heavy atom. The molecule has 0 aliphatic carbocycles. The van der Waals surface area contributed by atoms with Gasteiger partial charge < -0.3 is 4.74 Å². The van der Waals surface area contributed by atoms with Crippen molar-refractivity contribution in [2.75, 3.05) is 7.11 Å². The van der Waals surface area contributed by atoms with Crippen LogP contribution in [0.3, 0.4) is 0 Å². The number of methoxy groups -OCH3 is 1. The Labute approximate surface area is 105 Å². The van der Waals surface area contributed by atoms with Gasteiger partial charge in [0.15, 0.2) is 5.82 Å². The van der Waals surface area contributed by atoms with E-state index in [1.165, 1.54) is 13.4 Å². The molecule has 0 radical (unpaired) electrons. The van der Waals surface area contributed by atoms with E-state index in [0.29, 0.717) is 5.56 Å². The van der Waals surface area contributed by atoms with E-state index in [0.717, 1.165) is 11.4 Å². The van der Waals surface area contributed by atoms with Crippen molar-refractivity contribution in [3.8, 4) is 11.4 Å². The molecule has 0 atom stereocenters. The van der Waals surface area contributed by atoms with E-state index < -0.39 is 0 Å². The summed E-state index contributed by atoms with van der Waals surface area (Å²) in [6, 6.07) is 7.37. The Bertz CT molecular complexity index is 544. The van der Waals surface area contributed by atoms with Crippen LogP contribution in [-0.4, -0.2) is 27.8 Å². The molecule has 5 nitrogen and oxygen atoms in total. The first-order valence-electron chi connectivity index (χ1n) is 5.71. The normalized spacial score (nSPS) is 10.7. The lowest BCUT2D eigenvalue weighted by molar-refractivity contribution is 0.0601. The first-order chi connectivity index (χ1) is 8.63. The highest BCUT2D eigenvalue weighted by molar-refractivity contribution is 5.89. The van der Waals surface area contributed by atoms with Crippen LogP contribution in [0.4, 0.5) is 0 Å². The zero-order valence-electron chi connectivity index (χ0n) is 10.6. The van der Waals surface area contributed by atoms with Gasteiger partial charge in [-0.3, -0.25) is 0 Å². The van der Waals surface area contributed by atoms with Gasteiger partial charge in [-0.1, -0.05) is 12.1 Å². The fourth-order valence-corrected chi connectivity index (χ4v) is 1.71. The second kappa shape index (κ2) is 5.00. The van der Waals surface area contributed by atoms with Crippen LogP contribution in [0.25, 0.3) is 11.4 Å². The van der Waals surface area contributed by atoms with Gasteiger partial charge in [-0.05, 0) is 26.0 Å². The molecule has 0 saturated carbocycles. The molecule has 18 heavy (non-hydrogen) atoms. The highest BCUT2D eigenvalue weighted by Gasteiger charge is 2.11. The van der Waals surface area contributed by atoms with Crippen LogP contribution in [0.5, 0.6) is 0 Å². The van der Waals surface area contributed by atoms with E-state index in [4.69, 9.17) is 0 Å². The third kappa shape index (κ3) is 2.25. The predicted molar refractivity (Wildman–Crippen MR) is 67.2 cm³/mol. The monoisotopic (exact) mass is 245 g/mol. The minimum Gasteiger partial charge on any atom is -0.465 e. The van der Waals surface area contributed by atoms with Gasteiger partial charge in [0.1, 0.15) is 6.33 Å². The third-order valence-electron chi connectivity index (χ3n) is 2.63. The smallest absolute Gasteiger partial charge is 0.337 e. The van der Waals surface area contributed by atoms with Crippen molar-refractivity contribution in [2.24, 2.45) is 0 Å². The molecule has 0 amide bonds. The maximum absolute atomic E-state index is 11.3. The fourth-order valence-electron chi connectivity index (χ4n) is 1.71. The van der Waals surface area contributed by atoms with Gasteiger partial charge in [0.05, 0.1) is 12.7 Å². The average molecular weight is 245 g/mol. The van der Waals surface area contributed by atoms with Crippen molar-refractivity contribution in [2.45, 2.75) is 19.9 Å². The summed E-state index contributed by atoms with van der Waals surface area (Å²) < 4.78 is 6.50. The first-order valence-corrected chi connectivity index (χ1v) is 5.71. The molecule has 94 valence electrons. The number of hydrogen-bond donors (Lipinski definition) is 0. The maximum Gasteiger partial charge on any atom is 0.337 e. The van der Waals surface area contributed by atoms with E-state index >= 15 is 0 Å². The summed E-state index contributed by atoms with van der Waals surface area (Å²) in [5, 5.41) is 4.18. The van der Waals surface area contributed by atoms with E-state index in [1.807, 2.05) is 30.7 Å². The summed E-state index contributed by atoms with van der Waals surface area (Å²) in [6.07, 6.45) is 1.53. The van der Waals surface area contributed by atoms with Gasteiger partial charge in [0.25, 0.3) is 0 Å². The highest BCUT2D eigenvalue weighted by Crippen LogP contribution is 2.20. The molecule has 0 unspecified atom stereocenters. The van der Waals surface area contributed by atoms with Crippen LogP contribution < -0.4 is 0 Å². The SMILES string of the molecule is COC(=O)c1ccc(-c2ncnn2C(C)C)cc1. The summed E-state index contributed by atoms with van der Waals surface area (Å²) in [5.74, 6) is 0.452. The topological polar surface area (TPSA) is 57.0 Å². The maximum atomic E-state index is 11.3. The van der Waals surface area contributed by atoms with Crippen molar-refractivity contribution < 1.29 is 9.53 Å². The van der Waals surface area contributed by atoms with Crippen molar-refractivity contribution in [1.82, 2.24) is 14.8 Å². The molecule has 0 saturated heterocycles. The van der Waals surface area contributed by atoms with Crippen LogP contribution >= 0.6 is 0 Å². The van der Waals surface area contributed by atoms with Crippen LogP contribution in [0.2, 0.25) is 0 Å². The second-order valence-electron chi connectivity index (χ2n) is 4.19. The van der Waals surface area contributed by atoms with Gasteiger partial charge in [-0.15, -0.1) is 0 Å². The Hall–Kier alpha value is -2.17. The molecule has 2 aromatic rings. The van der Waals surface area contributed by atoms with Crippen molar-refractivity contribution in [3.63, 3.8) is 0 Å². The fraction of sp³-hybridized carbons (Fsp3) is 0.308. The molecular formula is C13H15N3O2. The molecule has 1 aromatic carbocycles. The lowest BCUT2D eigenvalue weighted by Crippen LogP contribution is -2.05. The number of carbonyl (C=O) groups excluding carboxylic acids is 1. The average Bonchev–Trinajstić information content (AvgIpc) is 2.87. The lowest BCUT2D eigenvalue weighted by Gasteiger charge is -2.09. The number of rotatable bonds is 3. The Morgan fingerprint density at radius 1 is 1.28 bits per heavy atom. The molecule has 0 spiro atoms. The summed E-state index contributed by atoms with van der Waals surface area (Å²) in [5.41, 5.74) is 1.45. The Morgan fingerprint density at radius 3 is 2.50 bits per heavy atom. The molecule has 1 heterocycles. The molecule has 1 aromatic heterocycles. The highest BCUT2D eigenvalue weighted by atomic mass is 16.5. The van der Waals surface area contributed by atoms with E-state index in [1.54, 1.807) is 12.1 Å². The van der Waals surface area contributed by atoms with Gasteiger partial charge >= 0.3 is 5.97 Å². The van der Waals surface area contributed by atoms with Crippen molar-refractivity contribution in [3.05, 3.63) is 36.2 Å². The number of ether oxygens (including phenoxy) is 1. The summed E-state index contributed by atoms with van der Waals surface area (Å²) >= 11 is 0. The van der Waals surface area contributed by atoms with Crippen molar-refractivity contribution >= 4 is 5.97 Å². The van der Waals surface area contributed by atoms with E-state index in [9.17, 15) is 4.79 Å². The van der Waals surface area contributed by atoms with Crippen LogP contribution in [0, 0.1) is 0 Å². The molecule has 0 bridgehead atoms. The van der Waals surface area contributed by atoms with Crippen LogP contribution in [-0.2, 0) is 4.74 Å². The van der Waals surface area contributed by atoms with Crippen LogP contribution in [0.15, 0.2) is 30.6 Å². The van der Waals surface area contributed by atoms with Gasteiger partial charge in [0, 0.05) is 11.6 Å². The molecule has 0 fully saturated rings. The standard InChI is InChI=1S/C13H15N3O2/c1-9(2)16-12(14-8-15-16)10-4-6-11(7-5-10)13(17)18-3/h4-9H,1-3H3. The largest absolute Gasteiger partial charge is 0.465 e. The van der Waals surface area contributed by atoms with Crippen molar-refractivity contribution in [1.29, 1.82) is 0 Å². The second-order valence-corrected chi connectivity index (χ2v) is 4.19.